The van der Waals surface area contributed by atoms with Gasteiger partial charge < -0.3 is 0 Å². The second kappa shape index (κ2) is 6.15. The van der Waals surface area contributed by atoms with Gasteiger partial charge in [-0.1, -0.05) is 6.58 Å². The van der Waals surface area contributed by atoms with Gasteiger partial charge in [-0.2, -0.15) is 0 Å². The molecule has 18 heavy (non-hydrogen) atoms. The molecular formula is C14H28O4. The third-order valence-corrected chi connectivity index (χ3v) is 2.02. The van der Waals surface area contributed by atoms with E-state index < -0.39 is 5.60 Å². The summed E-state index contributed by atoms with van der Waals surface area (Å²) in [5, 5.41) is 0. The molecule has 0 aliphatic heterocycles. The van der Waals surface area contributed by atoms with Crippen molar-refractivity contribution in [1.82, 2.24) is 0 Å². The van der Waals surface area contributed by atoms with E-state index in [1.165, 1.54) is 0 Å². The van der Waals surface area contributed by atoms with E-state index in [-0.39, 0.29) is 17.8 Å². The average molecular weight is 260 g/mol. The molecule has 0 radical (unpaired) electrons. The Bertz CT molecular complexity index is 272. The minimum absolute atomic E-state index is 0.218. The summed E-state index contributed by atoms with van der Waals surface area (Å²) in [5.41, 5.74) is -0.676. The molecule has 0 rings (SSSR count). The fourth-order valence-electron chi connectivity index (χ4n) is 0.754. The fraction of sp³-hybridized carbons (Fsp3) is 0.857. The lowest BCUT2D eigenvalue weighted by Gasteiger charge is -2.32. The molecule has 0 saturated carbocycles. The molecule has 0 aromatic heterocycles. The van der Waals surface area contributed by atoms with Crippen molar-refractivity contribution in [2.24, 2.45) is 0 Å². The first-order valence-electron chi connectivity index (χ1n) is 6.19. The largest absolute Gasteiger partial charge is 0.233 e. The number of rotatable bonds is 6. The zero-order valence-electron chi connectivity index (χ0n) is 13.0. The van der Waals surface area contributed by atoms with Gasteiger partial charge in [0.2, 0.25) is 0 Å². The average Bonchev–Trinajstić information content (AvgIpc) is 2.11. The van der Waals surface area contributed by atoms with Crippen molar-refractivity contribution >= 4 is 0 Å². The molecular weight excluding hydrogens is 232 g/mol. The quantitative estimate of drug-likeness (QED) is 0.413. The van der Waals surface area contributed by atoms with Crippen molar-refractivity contribution in [3.63, 3.8) is 0 Å². The van der Waals surface area contributed by atoms with E-state index in [4.69, 9.17) is 19.6 Å². The van der Waals surface area contributed by atoms with Gasteiger partial charge in [-0.25, -0.2) is 19.6 Å². The van der Waals surface area contributed by atoms with Crippen LogP contribution in [0.5, 0.6) is 0 Å². The van der Waals surface area contributed by atoms with Crippen LogP contribution in [0.4, 0.5) is 0 Å². The SMILES string of the molecule is C=C(C)C(C)(COOC(C)(C)C)OOC(C)(C)C. The smallest absolute Gasteiger partial charge is 0.147 e. The maximum atomic E-state index is 5.47. The number of hydrogen-bond donors (Lipinski definition) is 0. The van der Waals surface area contributed by atoms with Gasteiger partial charge in [0.15, 0.2) is 0 Å². The first-order chi connectivity index (χ1) is 7.86. The third-order valence-electron chi connectivity index (χ3n) is 2.02. The zero-order chi connectivity index (χ0) is 14.6. The molecule has 0 N–H and O–H groups in total. The van der Waals surface area contributed by atoms with Crippen LogP contribution in [0.15, 0.2) is 12.2 Å². The van der Waals surface area contributed by atoms with Gasteiger partial charge >= 0.3 is 0 Å². The maximum Gasteiger partial charge on any atom is 0.147 e. The normalized spacial score (nSPS) is 16.4. The second-order valence-electron chi connectivity index (χ2n) is 6.75. The van der Waals surface area contributed by atoms with Gasteiger partial charge in [0, 0.05) is 0 Å². The lowest BCUT2D eigenvalue weighted by atomic mass is 10.0. The van der Waals surface area contributed by atoms with Crippen LogP contribution in [0.25, 0.3) is 0 Å². The summed E-state index contributed by atoms with van der Waals surface area (Å²) >= 11 is 0. The Morgan fingerprint density at radius 2 is 1.28 bits per heavy atom. The van der Waals surface area contributed by atoms with Crippen molar-refractivity contribution in [2.75, 3.05) is 6.61 Å². The predicted molar refractivity (Wildman–Crippen MR) is 71.9 cm³/mol. The number of hydrogen-bond acceptors (Lipinski definition) is 4. The highest BCUT2D eigenvalue weighted by molar-refractivity contribution is 5.07. The van der Waals surface area contributed by atoms with Gasteiger partial charge in [0.05, 0.1) is 11.2 Å². The molecule has 108 valence electrons. The van der Waals surface area contributed by atoms with Gasteiger partial charge in [0.1, 0.15) is 12.2 Å². The molecule has 0 amide bonds. The van der Waals surface area contributed by atoms with E-state index in [1.807, 2.05) is 55.4 Å². The van der Waals surface area contributed by atoms with E-state index in [1.54, 1.807) is 0 Å². The first kappa shape index (κ1) is 17.6. The summed E-state index contributed by atoms with van der Waals surface area (Å²) in [6.45, 7) is 19.3. The highest BCUT2D eigenvalue weighted by atomic mass is 17.2. The Balaban J connectivity index is 4.40. The topological polar surface area (TPSA) is 36.9 Å². The van der Waals surface area contributed by atoms with Crippen LogP contribution in [-0.2, 0) is 19.6 Å². The van der Waals surface area contributed by atoms with Crippen LogP contribution in [0.1, 0.15) is 55.4 Å². The highest BCUT2D eigenvalue weighted by Gasteiger charge is 2.32. The summed E-state index contributed by atoms with van der Waals surface area (Å²) < 4.78 is 0. The third kappa shape index (κ3) is 7.82. The standard InChI is InChI=1S/C14H28O4/c1-11(2)14(9,18-17-13(6,7)8)10-15-16-12(3,4)5/h1,10H2,2-9H3. The maximum absolute atomic E-state index is 5.47. The summed E-state index contributed by atoms with van der Waals surface area (Å²) in [4.78, 5) is 21.3. The van der Waals surface area contributed by atoms with Crippen LogP contribution in [-0.4, -0.2) is 23.4 Å². The van der Waals surface area contributed by atoms with Crippen molar-refractivity contribution in [3.8, 4) is 0 Å². The minimum atomic E-state index is -0.738. The van der Waals surface area contributed by atoms with Crippen molar-refractivity contribution in [3.05, 3.63) is 12.2 Å². The van der Waals surface area contributed by atoms with Gasteiger partial charge in [-0.15, -0.1) is 0 Å². The van der Waals surface area contributed by atoms with Crippen LogP contribution >= 0.6 is 0 Å². The van der Waals surface area contributed by atoms with Crippen LogP contribution in [0.2, 0.25) is 0 Å². The lowest BCUT2D eigenvalue weighted by Crippen LogP contribution is -2.39. The zero-order valence-corrected chi connectivity index (χ0v) is 13.0. The van der Waals surface area contributed by atoms with Gasteiger partial charge in [0.25, 0.3) is 0 Å². The van der Waals surface area contributed by atoms with E-state index in [0.717, 1.165) is 5.57 Å². The van der Waals surface area contributed by atoms with Crippen LogP contribution < -0.4 is 0 Å². The summed E-state index contributed by atoms with van der Waals surface area (Å²) in [5.74, 6) is 0. The van der Waals surface area contributed by atoms with Crippen LogP contribution in [0.3, 0.4) is 0 Å². The first-order valence-corrected chi connectivity index (χ1v) is 6.19. The Labute approximate surface area is 111 Å². The van der Waals surface area contributed by atoms with E-state index >= 15 is 0 Å². The molecule has 1 atom stereocenters. The summed E-state index contributed by atoms with van der Waals surface area (Å²) in [6.07, 6.45) is 0. The monoisotopic (exact) mass is 260 g/mol. The van der Waals surface area contributed by atoms with E-state index in [2.05, 4.69) is 6.58 Å². The van der Waals surface area contributed by atoms with Gasteiger partial charge in [-0.3, -0.25) is 0 Å². The van der Waals surface area contributed by atoms with E-state index in [0.29, 0.717) is 0 Å². The molecule has 0 fully saturated rings. The predicted octanol–water partition coefficient (Wildman–Crippen LogP) is 3.81. The minimum Gasteiger partial charge on any atom is -0.233 e. The molecule has 1 unspecified atom stereocenters. The van der Waals surface area contributed by atoms with Crippen molar-refractivity contribution in [1.29, 1.82) is 0 Å². The molecule has 0 aliphatic carbocycles. The van der Waals surface area contributed by atoms with Crippen molar-refractivity contribution < 1.29 is 19.6 Å². The Morgan fingerprint density at radius 3 is 1.61 bits per heavy atom. The molecule has 4 nitrogen and oxygen atoms in total. The Morgan fingerprint density at radius 1 is 0.833 bits per heavy atom. The molecule has 0 saturated heterocycles. The van der Waals surface area contributed by atoms with Crippen LogP contribution in [0, 0.1) is 0 Å². The summed E-state index contributed by atoms with van der Waals surface area (Å²) in [6, 6.07) is 0. The fourth-order valence-corrected chi connectivity index (χ4v) is 0.754. The lowest BCUT2D eigenvalue weighted by molar-refractivity contribution is -0.427. The molecule has 0 heterocycles. The van der Waals surface area contributed by atoms with Gasteiger partial charge in [-0.05, 0) is 61.0 Å². The Hall–Kier alpha value is -0.420. The Kier molecular flexibility index (Phi) is 6.01. The molecule has 0 spiro atoms. The molecule has 4 heteroatoms. The highest BCUT2D eigenvalue weighted by Crippen LogP contribution is 2.24. The molecule has 0 aromatic rings. The molecule has 0 aliphatic rings. The van der Waals surface area contributed by atoms with E-state index in [9.17, 15) is 0 Å². The summed E-state index contributed by atoms with van der Waals surface area (Å²) in [7, 11) is 0. The molecule has 0 aromatic carbocycles. The second-order valence-corrected chi connectivity index (χ2v) is 6.75. The molecule has 0 bridgehead atoms. The van der Waals surface area contributed by atoms with Crippen molar-refractivity contribution in [2.45, 2.75) is 72.2 Å².